The number of carbonyl (C=O) groups excluding carboxylic acids is 6. The maximum Gasteiger partial charge on any atom is 0.305 e. The number of nitrogens with zero attached hydrogens (tertiary/aromatic N) is 8. The maximum atomic E-state index is 12.9. The molecule has 0 radical (unpaired) electrons. The molecule has 28 heteroatoms. The van der Waals surface area contributed by atoms with E-state index >= 15 is 0 Å². The van der Waals surface area contributed by atoms with E-state index in [0.29, 0.717) is 95.3 Å². The second kappa shape index (κ2) is 36.3. The van der Waals surface area contributed by atoms with Crippen molar-refractivity contribution in [3.05, 3.63) is 166 Å². The van der Waals surface area contributed by atoms with Gasteiger partial charge in [0.15, 0.2) is 17.3 Å². The van der Waals surface area contributed by atoms with Gasteiger partial charge < -0.3 is 43.3 Å². The summed E-state index contributed by atoms with van der Waals surface area (Å²) in [4.78, 5) is 93.9. The van der Waals surface area contributed by atoms with Crippen LogP contribution < -0.4 is 19.9 Å². The lowest BCUT2D eigenvalue weighted by atomic mass is 10.1. The molecule has 0 aromatic carbocycles. The summed E-state index contributed by atoms with van der Waals surface area (Å²) in [5.74, 6) is -0.0826. The molecule has 480 valence electrons. The molecule has 21 nitrogen and oxygen atoms in total. The van der Waals surface area contributed by atoms with Crippen LogP contribution in [-0.4, -0.2) is 125 Å². The summed E-state index contributed by atoms with van der Waals surface area (Å²) in [6, 6.07) is 16.9. The van der Waals surface area contributed by atoms with Crippen molar-refractivity contribution in [2.45, 2.75) is 97.8 Å². The molecular formula is C62H66BrF6N9O12. The Morgan fingerprint density at radius 3 is 1.33 bits per heavy atom. The number of aliphatic hydroxyl groups excluding tert-OH is 1. The predicted octanol–water partition coefficient (Wildman–Crippen LogP) is 10.7. The highest BCUT2D eigenvalue weighted by Gasteiger charge is 2.21. The van der Waals surface area contributed by atoms with Gasteiger partial charge in [-0.05, 0) is 70.0 Å². The number of aliphatic hydroxyl groups is 1. The van der Waals surface area contributed by atoms with E-state index in [-0.39, 0.29) is 91.5 Å². The molecule has 0 spiro atoms. The van der Waals surface area contributed by atoms with Crippen LogP contribution in [0.4, 0.5) is 32.2 Å². The van der Waals surface area contributed by atoms with E-state index in [1.165, 1.54) is 81.1 Å². The van der Waals surface area contributed by atoms with E-state index in [1.807, 2.05) is 20.0 Å². The first-order valence-corrected chi connectivity index (χ1v) is 29.1. The standard InChI is InChI=1S/C21H21F2N3O4.C20H21F2N3O3.C15H15F2N3O2.C6H9BrO3/c1-3-30-18-10-19-24-14(7-8-20(28)29-2)12-26(19)11-13(18)9-17(27)15-5-4-6-16(25-15)21(22)23;1-2-28-18-10-19-23-14(5-4-8-26)12-25(19)11-13(18)9-17(27)15-6-3-7-16(24-15)20(21)22;1-2-22-13-7-14(18)19-8-9(13)6-12(21)10-4-3-5-11(20-10)15(16)17;1-10-6(9)3-2-5(8)4-7/h4-6,10-12,21H,3,7-9H2,1-2H3;3,6-7,10-12,20,26H,2,4-5,8-9H2,1H3;3-5,7-8,15H,2,6H2,1H3,(H2,18,19);2-4H2,1H3. The van der Waals surface area contributed by atoms with E-state index in [9.17, 15) is 55.1 Å². The number of rotatable bonds is 28. The molecule has 8 aromatic heterocycles. The first-order chi connectivity index (χ1) is 43.1. The topological polar surface area (TPSA) is 281 Å². The monoisotopic (exact) mass is 1320 g/mol. The summed E-state index contributed by atoms with van der Waals surface area (Å²) in [6.07, 6.45) is 2.47. The Morgan fingerprint density at radius 2 is 0.944 bits per heavy atom. The number of methoxy groups -OCH3 is 2. The van der Waals surface area contributed by atoms with E-state index in [0.717, 1.165) is 5.69 Å². The molecule has 0 aliphatic heterocycles. The number of hydrogen-bond donors (Lipinski definition) is 2. The minimum Gasteiger partial charge on any atom is -0.493 e. The molecule has 0 unspecified atom stereocenters. The molecule has 0 fully saturated rings. The molecule has 0 atom stereocenters. The number of Topliss-reactive ketones (excluding diaryl/α,β-unsaturated/α-hetero) is 4. The lowest BCUT2D eigenvalue weighted by molar-refractivity contribution is -0.142. The number of nitrogen functional groups attached to an aromatic ring is 1. The molecule has 8 rings (SSSR count). The number of fused-ring (bicyclic) bond motifs is 2. The molecule has 90 heavy (non-hydrogen) atoms. The van der Waals surface area contributed by atoms with Gasteiger partial charge >= 0.3 is 11.9 Å². The van der Waals surface area contributed by atoms with Crippen molar-refractivity contribution in [2.75, 3.05) is 51.7 Å². The minimum atomic E-state index is -2.75. The number of pyridine rings is 6. The Labute approximate surface area is 521 Å². The van der Waals surface area contributed by atoms with Crippen LogP contribution in [0.5, 0.6) is 17.2 Å². The van der Waals surface area contributed by atoms with Crippen LogP contribution >= 0.6 is 15.9 Å². The van der Waals surface area contributed by atoms with Gasteiger partial charge in [0.1, 0.15) is 74.3 Å². The number of halogens is 7. The minimum absolute atomic E-state index is 0.00499. The number of aromatic nitrogens is 8. The van der Waals surface area contributed by atoms with E-state index in [4.69, 9.17) is 25.1 Å². The first kappa shape index (κ1) is 71.6. The number of ether oxygens (including phenoxy) is 5. The Morgan fingerprint density at radius 1 is 0.544 bits per heavy atom. The highest BCUT2D eigenvalue weighted by molar-refractivity contribution is 9.09. The molecule has 0 saturated heterocycles. The average molecular weight is 1320 g/mol. The lowest BCUT2D eigenvalue weighted by Gasteiger charge is -2.11. The van der Waals surface area contributed by atoms with Crippen molar-refractivity contribution in [3.63, 3.8) is 0 Å². The highest BCUT2D eigenvalue weighted by Crippen LogP contribution is 2.28. The SMILES string of the molecule is CCOc1cc(N)ncc1CC(=O)c1cccc(C(F)F)n1.CCOc1cc2nc(CCC(=O)OC)cn2cc1CC(=O)c1cccc(C(F)F)n1.CCOc1cc2nc(CCCO)cn2cc1CC(=O)c1cccc(C(F)F)n1.COC(=O)CCC(=O)CBr. The third kappa shape index (κ3) is 22.1. The summed E-state index contributed by atoms with van der Waals surface area (Å²) >= 11 is 2.99. The average Bonchev–Trinajstić information content (AvgIpc) is 1.77. The van der Waals surface area contributed by atoms with Crippen molar-refractivity contribution in [3.8, 4) is 17.2 Å². The molecule has 0 aliphatic rings. The first-order valence-electron chi connectivity index (χ1n) is 27.9. The summed E-state index contributed by atoms with van der Waals surface area (Å²) in [6.45, 7) is 6.74. The van der Waals surface area contributed by atoms with Gasteiger partial charge in [-0.25, -0.2) is 56.2 Å². The second-order valence-electron chi connectivity index (χ2n) is 19.0. The number of hydrogen-bond acceptors (Lipinski definition) is 19. The Bertz CT molecular complexity index is 3710. The smallest absolute Gasteiger partial charge is 0.305 e. The van der Waals surface area contributed by atoms with Crippen LogP contribution in [0.2, 0.25) is 0 Å². The normalized spacial score (nSPS) is 10.8. The van der Waals surface area contributed by atoms with E-state index in [2.05, 4.69) is 55.3 Å². The fourth-order valence-electron chi connectivity index (χ4n) is 8.19. The zero-order chi connectivity index (χ0) is 65.9. The molecule has 3 N–H and O–H groups in total. The van der Waals surface area contributed by atoms with Crippen molar-refractivity contribution in [2.24, 2.45) is 0 Å². The largest absolute Gasteiger partial charge is 0.493 e. The Kier molecular flexibility index (Phi) is 28.9. The summed E-state index contributed by atoms with van der Waals surface area (Å²) in [7, 11) is 2.64. The Balaban J connectivity index is 0.000000230. The van der Waals surface area contributed by atoms with Gasteiger partial charge in [-0.1, -0.05) is 34.1 Å². The van der Waals surface area contributed by atoms with Crippen molar-refractivity contribution < 1.29 is 83.9 Å². The third-order valence-electron chi connectivity index (χ3n) is 12.5. The van der Waals surface area contributed by atoms with Crippen LogP contribution in [0.1, 0.15) is 142 Å². The quantitative estimate of drug-likeness (QED) is 0.0199. The van der Waals surface area contributed by atoms with E-state index < -0.39 is 47.9 Å². The van der Waals surface area contributed by atoms with Crippen LogP contribution in [0.3, 0.4) is 0 Å². The number of alkyl halides is 7. The van der Waals surface area contributed by atoms with Crippen molar-refractivity contribution in [1.29, 1.82) is 0 Å². The molecule has 0 aliphatic carbocycles. The summed E-state index contributed by atoms with van der Waals surface area (Å²) < 4.78 is 106. The number of aryl methyl sites for hydroxylation is 2. The molecular weight excluding hydrogens is 1260 g/mol. The van der Waals surface area contributed by atoms with Gasteiger partial charge in [-0.2, -0.15) is 0 Å². The highest BCUT2D eigenvalue weighted by atomic mass is 79.9. The van der Waals surface area contributed by atoms with Gasteiger partial charge in [0.25, 0.3) is 19.3 Å². The predicted molar refractivity (Wildman–Crippen MR) is 320 cm³/mol. The van der Waals surface area contributed by atoms with Gasteiger partial charge in [-0.15, -0.1) is 0 Å². The maximum absolute atomic E-state index is 12.9. The molecule has 0 saturated carbocycles. The molecule has 0 bridgehead atoms. The van der Waals surface area contributed by atoms with Crippen LogP contribution in [0.25, 0.3) is 11.3 Å². The fourth-order valence-corrected chi connectivity index (χ4v) is 8.47. The van der Waals surface area contributed by atoms with Crippen molar-refractivity contribution in [1.82, 2.24) is 38.7 Å². The van der Waals surface area contributed by atoms with Crippen LogP contribution in [0, 0.1) is 0 Å². The number of anilines is 1. The molecule has 8 aromatic rings. The van der Waals surface area contributed by atoms with Gasteiger partial charge in [0.2, 0.25) is 0 Å². The fraction of sp³-hybridized carbons (Fsp3) is 0.355. The number of imidazole rings is 2. The number of ketones is 4. The Hall–Kier alpha value is -9.18. The van der Waals surface area contributed by atoms with Gasteiger partial charge in [0.05, 0.1) is 63.6 Å². The van der Waals surface area contributed by atoms with Crippen LogP contribution in [0.15, 0.2) is 104 Å². The summed E-state index contributed by atoms with van der Waals surface area (Å²) in [5.41, 5.74) is 8.77. The van der Waals surface area contributed by atoms with Gasteiger partial charge in [0, 0.05) is 105 Å². The second-order valence-corrected chi connectivity index (χ2v) is 19.6. The lowest BCUT2D eigenvalue weighted by Crippen LogP contribution is -2.10. The van der Waals surface area contributed by atoms with Gasteiger partial charge in [-0.3, -0.25) is 28.8 Å². The number of esters is 2. The zero-order valence-electron chi connectivity index (χ0n) is 49.7. The zero-order valence-corrected chi connectivity index (χ0v) is 51.3. The number of nitrogens with two attached hydrogens (primary N) is 1. The molecule has 8 heterocycles. The van der Waals surface area contributed by atoms with Crippen molar-refractivity contribution >= 4 is 68.1 Å². The molecule has 0 amide bonds. The summed E-state index contributed by atoms with van der Waals surface area (Å²) in [5, 5.41) is 9.29. The van der Waals surface area contributed by atoms with E-state index in [1.54, 1.807) is 46.4 Å². The van der Waals surface area contributed by atoms with Crippen LogP contribution in [-0.2, 0) is 56.0 Å². The number of carbonyl (C=O) groups is 6. The third-order valence-corrected chi connectivity index (χ3v) is 13.1.